The molecule has 0 bridgehead atoms. The lowest BCUT2D eigenvalue weighted by Gasteiger charge is -2.41. The third-order valence-electron chi connectivity index (χ3n) is 5.42. The van der Waals surface area contributed by atoms with Gasteiger partial charge in [0.15, 0.2) is 0 Å². The molecule has 1 spiro atoms. The van der Waals surface area contributed by atoms with Crippen LogP contribution in [0.5, 0.6) is 0 Å². The van der Waals surface area contributed by atoms with Crippen LogP contribution in [0.1, 0.15) is 18.4 Å². The summed E-state index contributed by atoms with van der Waals surface area (Å²) in [5, 5.41) is 0. The van der Waals surface area contributed by atoms with Crippen molar-refractivity contribution in [3.8, 4) is 0 Å². The number of rotatable bonds is 5. The molecule has 0 unspecified atom stereocenters. The molecule has 0 N–H and O–H groups in total. The van der Waals surface area contributed by atoms with Crippen molar-refractivity contribution in [2.45, 2.75) is 24.8 Å². The number of benzene rings is 1. The minimum atomic E-state index is -0.841. The zero-order valence-electron chi connectivity index (χ0n) is 15.3. The molecule has 7 heteroatoms. The molecule has 3 rings (SSSR count). The number of hydrogen-bond donors (Lipinski definition) is 0. The Hall–Kier alpha value is -2.41. The highest BCUT2D eigenvalue weighted by molar-refractivity contribution is 6.08. The summed E-state index contributed by atoms with van der Waals surface area (Å²) in [6.45, 7) is 1.61. The smallest absolute Gasteiger partial charge is 0.328 e. The molecule has 0 aromatic heterocycles. The average molecular weight is 359 g/mol. The first-order chi connectivity index (χ1) is 12.5. The minimum absolute atomic E-state index is 0.269. The minimum Gasteiger partial charge on any atom is -0.468 e. The van der Waals surface area contributed by atoms with Crippen LogP contribution in [0.15, 0.2) is 30.3 Å². The molecule has 2 saturated heterocycles. The van der Waals surface area contributed by atoms with Crippen LogP contribution in [0.4, 0.5) is 4.79 Å². The SMILES string of the molecule is COC(=O)CN1C(=O)N(CCc2ccccc2)C2(CCN(C)CC2)C1=O. The molecule has 140 valence electrons. The van der Waals surface area contributed by atoms with Gasteiger partial charge in [0.05, 0.1) is 7.11 Å². The molecule has 3 amide bonds. The van der Waals surface area contributed by atoms with Crippen molar-refractivity contribution in [1.82, 2.24) is 14.7 Å². The molecule has 1 aromatic carbocycles. The topological polar surface area (TPSA) is 70.2 Å². The number of amides is 3. The van der Waals surface area contributed by atoms with Crippen LogP contribution in [0.25, 0.3) is 0 Å². The van der Waals surface area contributed by atoms with E-state index in [1.54, 1.807) is 4.90 Å². The Bertz CT molecular complexity index is 683. The van der Waals surface area contributed by atoms with E-state index in [9.17, 15) is 14.4 Å². The maximum Gasteiger partial charge on any atom is 0.328 e. The molecule has 2 aliphatic heterocycles. The summed E-state index contributed by atoms with van der Waals surface area (Å²) in [6, 6.07) is 9.50. The highest BCUT2D eigenvalue weighted by Gasteiger charge is 2.57. The van der Waals surface area contributed by atoms with Gasteiger partial charge < -0.3 is 14.5 Å². The van der Waals surface area contributed by atoms with Gasteiger partial charge in [-0.15, -0.1) is 0 Å². The lowest BCUT2D eigenvalue weighted by Crippen LogP contribution is -2.56. The quantitative estimate of drug-likeness (QED) is 0.582. The van der Waals surface area contributed by atoms with E-state index in [1.165, 1.54) is 7.11 Å². The average Bonchev–Trinajstić information content (AvgIpc) is 2.84. The maximum atomic E-state index is 13.1. The molecule has 0 radical (unpaired) electrons. The molecule has 0 saturated carbocycles. The molecular weight excluding hydrogens is 334 g/mol. The van der Waals surface area contributed by atoms with Crippen molar-refractivity contribution in [3.63, 3.8) is 0 Å². The van der Waals surface area contributed by atoms with Crippen LogP contribution in [-0.4, -0.2) is 78.5 Å². The molecule has 2 aliphatic rings. The lowest BCUT2D eigenvalue weighted by molar-refractivity contribution is -0.146. The number of piperidine rings is 1. The summed E-state index contributed by atoms with van der Waals surface area (Å²) < 4.78 is 4.65. The van der Waals surface area contributed by atoms with Gasteiger partial charge in [-0.2, -0.15) is 0 Å². The van der Waals surface area contributed by atoms with Gasteiger partial charge in [0.25, 0.3) is 5.91 Å². The zero-order chi connectivity index (χ0) is 18.7. The van der Waals surface area contributed by atoms with Crippen LogP contribution in [-0.2, 0) is 20.7 Å². The van der Waals surface area contributed by atoms with Gasteiger partial charge in [0.1, 0.15) is 12.1 Å². The van der Waals surface area contributed by atoms with E-state index in [1.807, 2.05) is 37.4 Å². The number of likely N-dealkylation sites (tertiary alicyclic amines) is 1. The second-order valence-corrected chi connectivity index (χ2v) is 6.97. The Morgan fingerprint density at radius 3 is 2.42 bits per heavy atom. The fraction of sp³-hybridized carbons (Fsp3) is 0.526. The number of carbonyl (C=O) groups is 3. The highest BCUT2D eigenvalue weighted by atomic mass is 16.5. The summed E-state index contributed by atoms with van der Waals surface area (Å²) in [7, 11) is 3.26. The normalized spacial score (nSPS) is 20.1. The monoisotopic (exact) mass is 359 g/mol. The number of esters is 1. The van der Waals surface area contributed by atoms with Gasteiger partial charge >= 0.3 is 12.0 Å². The van der Waals surface area contributed by atoms with Gasteiger partial charge in [-0.25, -0.2) is 4.79 Å². The first-order valence-electron chi connectivity index (χ1n) is 8.91. The summed E-state index contributed by atoms with van der Waals surface area (Å²) in [6.07, 6.45) is 1.84. The van der Waals surface area contributed by atoms with E-state index >= 15 is 0 Å². The Morgan fingerprint density at radius 1 is 1.15 bits per heavy atom. The Morgan fingerprint density at radius 2 is 1.81 bits per heavy atom. The van der Waals surface area contributed by atoms with Gasteiger partial charge in [-0.3, -0.25) is 14.5 Å². The predicted octanol–water partition coefficient (Wildman–Crippen LogP) is 1.13. The molecule has 7 nitrogen and oxygen atoms in total. The van der Waals surface area contributed by atoms with Crippen LogP contribution in [0, 0.1) is 0 Å². The highest BCUT2D eigenvalue weighted by Crippen LogP contribution is 2.37. The molecule has 0 aliphatic carbocycles. The second-order valence-electron chi connectivity index (χ2n) is 6.97. The molecule has 1 aromatic rings. The summed E-state index contributed by atoms with van der Waals surface area (Å²) in [5.41, 5.74) is 0.272. The number of urea groups is 1. The number of hydrogen-bond acceptors (Lipinski definition) is 5. The van der Waals surface area contributed by atoms with E-state index in [4.69, 9.17) is 0 Å². The zero-order valence-corrected chi connectivity index (χ0v) is 15.3. The van der Waals surface area contributed by atoms with Gasteiger partial charge in [0, 0.05) is 19.6 Å². The first kappa shape index (κ1) is 18.4. The molecule has 2 heterocycles. The summed E-state index contributed by atoms with van der Waals surface area (Å²) in [4.78, 5) is 42.6. The lowest BCUT2D eigenvalue weighted by atomic mass is 9.85. The predicted molar refractivity (Wildman–Crippen MR) is 95.4 cm³/mol. The van der Waals surface area contributed by atoms with Crippen molar-refractivity contribution in [2.24, 2.45) is 0 Å². The van der Waals surface area contributed by atoms with E-state index < -0.39 is 11.5 Å². The third kappa shape index (κ3) is 3.31. The Labute approximate surface area is 153 Å². The number of imide groups is 1. The summed E-state index contributed by atoms with van der Waals surface area (Å²) >= 11 is 0. The summed E-state index contributed by atoms with van der Waals surface area (Å²) in [5.74, 6) is -0.853. The van der Waals surface area contributed by atoms with Gasteiger partial charge in [-0.05, 0) is 31.9 Å². The third-order valence-corrected chi connectivity index (χ3v) is 5.42. The second kappa shape index (κ2) is 7.45. The van der Waals surface area contributed by atoms with Crippen molar-refractivity contribution < 1.29 is 19.1 Å². The van der Waals surface area contributed by atoms with Crippen LogP contribution >= 0.6 is 0 Å². The molecule has 0 atom stereocenters. The van der Waals surface area contributed by atoms with E-state index in [0.29, 0.717) is 25.8 Å². The first-order valence-corrected chi connectivity index (χ1v) is 8.91. The number of ether oxygens (including phenoxy) is 1. The van der Waals surface area contributed by atoms with Crippen molar-refractivity contribution in [2.75, 3.05) is 40.3 Å². The van der Waals surface area contributed by atoms with Crippen molar-refractivity contribution in [3.05, 3.63) is 35.9 Å². The number of carbonyl (C=O) groups excluding carboxylic acids is 3. The van der Waals surface area contributed by atoms with Crippen LogP contribution in [0.2, 0.25) is 0 Å². The molecule has 26 heavy (non-hydrogen) atoms. The number of nitrogens with zero attached hydrogens (tertiary/aromatic N) is 3. The van der Waals surface area contributed by atoms with Crippen LogP contribution in [0.3, 0.4) is 0 Å². The maximum absolute atomic E-state index is 13.1. The van der Waals surface area contributed by atoms with Crippen molar-refractivity contribution >= 4 is 17.9 Å². The Balaban J connectivity index is 1.83. The van der Waals surface area contributed by atoms with Crippen LogP contribution < -0.4 is 0 Å². The molecule has 2 fully saturated rings. The fourth-order valence-electron chi connectivity index (χ4n) is 3.78. The van der Waals surface area contributed by atoms with Gasteiger partial charge in [0.2, 0.25) is 0 Å². The standard InChI is InChI=1S/C19H25N3O4/c1-20-12-9-19(10-13-20)17(24)21(14-16(23)26-2)18(25)22(19)11-8-15-6-4-3-5-7-15/h3-7H,8-14H2,1-2H3. The Kier molecular flexibility index (Phi) is 5.27. The van der Waals surface area contributed by atoms with E-state index in [-0.39, 0.29) is 18.5 Å². The van der Waals surface area contributed by atoms with E-state index in [0.717, 1.165) is 23.6 Å². The van der Waals surface area contributed by atoms with Gasteiger partial charge in [-0.1, -0.05) is 30.3 Å². The largest absolute Gasteiger partial charge is 0.468 e. The van der Waals surface area contributed by atoms with Crippen molar-refractivity contribution in [1.29, 1.82) is 0 Å². The fourth-order valence-corrected chi connectivity index (χ4v) is 3.78. The molecular formula is C19H25N3O4. The number of methoxy groups -OCH3 is 1. The van der Waals surface area contributed by atoms with E-state index in [2.05, 4.69) is 9.64 Å².